The molecule has 0 saturated heterocycles. The minimum absolute atomic E-state index is 0.0121. The highest BCUT2D eigenvalue weighted by molar-refractivity contribution is 7.89. The fourth-order valence-electron chi connectivity index (χ4n) is 2.66. The van der Waals surface area contributed by atoms with Crippen LogP contribution in [0.25, 0.3) is 0 Å². The Morgan fingerprint density at radius 2 is 2.00 bits per heavy atom. The van der Waals surface area contributed by atoms with Crippen LogP contribution < -0.4 is 5.32 Å². The molecule has 0 spiro atoms. The third kappa shape index (κ3) is 4.21. The summed E-state index contributed by atoms with van der Waals surface area (Å²) >= 11 is 6.16. The molecular weight excluding hydrogens is 404 g/mol. The van der Waals surface area contributed by atoms with Crippen LogP contribution in [0.2, 0.25) is 5.02 Å². The van der Waals surface area contributed by atoms with Gasteiger partial charge in [-0.2, -0.15) is 4.98 Å². The van der Waals surface area contributed by atoms with E-state index in [0.29, 0.717) is 17.6 Å². The highest BCUT2D eigenvalue weighted by Gasteiger charge is 2.32. The monoisotopic (exact) mass is 426 g/mol. The molecule has 1 aliphatic rings. The molecule has 1 aliphatic carbocycles. The average Bonchev–Trinajstić information content (AvgIpc) is 3.37. The Labute approximate surface area is 169 Å². The lowest BCUT2D eigenvalue weighted by atomic mass is 10.0. The predicted octanol–water partition coefficient (Wildman–Crippen LogP) is 2.98. The summed E-state index contributed by atoms with van der Waals surface area (Å²) in [5.74, 6) is 0.795. The molecule has 0 bridgehead atoms. The number of benzene rings is 1. The summed E-state index contributed by atoms with van der Waals surface area (Å²) in [6.07, 6.45) is 2.08. The normalized spacial score (nSPS) is 15.8. The molecule has 1 N–H and O–H groups in total. The molecule has 1 aromatic heterocycles. The van der Waals surface area contributed by atoms with Crippen molar-refractivity contribution in [1.29, 1.82) is 0 Å². The van der Waals surface area contributed by atoms with Crippen LogP contribution in [0.5, 0.6) is 0 Å². The summed E-state index contributed by atoms with van der Waals surface area (Å²) in [4.78, 5) is 17.3. The number of halogens is 1. The molecule has 1 unspecified atom stereocenters. The number of carbonyl (C=O) groups is 1. The van der Waals surface area contributed by atoms with E-state index in [1.54, 1.807) is 0 Å². The zero-order valence-corrected chi connectivity index (χ0v) is 17.7. The minimum atomic E-state index is -3.69. The summed E-state index contributed by atoms with van der Waals surface area (Å²) in [6.45, 7) is 3.83. The van der Waals surface area contributed by atoms with E-state index in [-0.39, 0.29) is 21.4 Å². The SMILES string of the molecule is CC(C)C(NC(=O)c1cc(S(=O)(=O)N(C)C)ccc1Cl)c1nc(C2CC2)no1. The number of aromatic nitrogens is 2. The van der Waals surface area contributed by atoms with Gasteiger partial charge in [-0.05, 0) is 37.0 Å². The van der Waals surface area contributed by atoms with E-state index in [2.05, 4.69) is 15.5 Å². The quantitative estimate of drug-likeness (QED) is 0.729. The van der Waals surface area contributed by atoms with Crippen LogP contribution in [0, 0.1) is 5.92 Å². The standard InChI is InChI=1S/C18H23ClN4O4S/c1-10(2)15(18-21-16(22-27-18)11-5-6-11)20-17(24)13-9-12(7-8-14(13)19)28(25,26)23(3)4/h7-11,15H,5-6H2,1-4H3,(H,20,24). The van der Waals surface area contributed by atoms with Crippen molar-refractivity contribution in [1.82, 2.24) is 19.8 Å². The summed E-state index contributed by atoms with van der Waals surface area (Å²) in [6, 6.07) is 3.52. The van der Waals surface area contributed by atoms with Crippen molar-refractivity contribution >= 4 is 27.5 Å². The molecule has 1 amide bonds. The minimum Gasteiger partial charge on any atom is -0.340 e. The van der Waals surface area contributed by atoms with Gasteiger partial charge in [-0.15, -0.1) is 0 Å². The van der Waals surface area contributed by atoms with Crippen molar-refractivity contribution in [3.63, 3.8) is 0 Å². The Morgan fingerprint density at radius 1 is 1.32 bits per heavy atom. The molecule has 3 rings (SSSR count). The van der Waals surface area contributed by atoms with E-state index in [1.165, 1.54) is 32.3 Å². The van der Waals surface area contributed by atoms with Crippen molar-refractivity contribution in [2.75, 3.05) is 14.1 Å². The van der Waals surface area contributed by atoms with Crippen LogP contribution in [-0.4, -0.2) is 42.9 Å². The fraction of sp³-hybridized carbons (Fsp3) is 0.500. The Kier molecular flexibility index (Phi) is 5.79. The number of rotatable bonds is 7. The van der Waals surface area contributed by atoms with Crippen LogP contribution in [-0.2, 0) is 10.0 Å². The van der Waals surface area contributed by atoms with Crippen molar-refractivity contribution in [2.45, 2.75) is 43.5 Å². The Bertz CT molecular complexity index is 983. The first-order valence-electron chi connectivity index (χ1n) is 8.97. The van der Waals surface area contributed by atoms with Crippen LogP contribution in [0.15, 0.2) is 27.6 Å². The number of carbonyl (C=O) groups excluding carboxylic acids is 1. The second-order valence-corrected chi connectivity index (χ2v) is 9.95. The van der Waals surface area contributed by atoms with Crippen molar-refractivity contribution in [2.24, 2.45) is 5.92 Å². The molecule has 1 aromatic carbocycles. The van der Waals surface area contributed by atoms with Gasteiger partial charge in [-0.1, -0.05) is 30.6 Å². The molecule has 2 aromatic rings. The third-order valence-electron chi connectivity index (χ3n) is 4.58. The first-order valence-corrected chi connectivity index (χ1v) is 10.8. The van der Waals surface area contributed by atoms with Gasteiger partial charge in [-0.3, -0.25) is 4.79 Å². The molecule has 10 heteroatoms. The Morgan fingerprint density at radius 3 is 2.57 bits per heavy atom. The largest absolute Gasteiger partial charge is 0.340 e. The number of hydrogen-bond acceptors (Lipinski definition) is 6. The molecule has 1 saturated carbocycles. The van der Waals surface area contributed by atoms with E-state index in [1.807, 2.05) is 13.8 Å². The van der Waals surface area contributed by atoms with Crippen LogP contribution >= 0.6 is 11.6 Å². The lowest BCUT2D eigenvalue weighted by Gasteiger charge is -2.19. The number of hydrogen-bond donors (Lipinski definition) is 1. The summed E-state index contributed by atoms with van der Waals surface area (Å²) in [5.41, 5.74) is 0.0668. The zero-order valence-electron chi connectivity index (χ0n) is 16.1. The van der Waals surface area contributed by atoms with E-state index < -0.39 is 22.0 Å². The molecule has 0 radical (unpaired) electrons. The van der Waals surface area contributed by atoms with E-state index >= 15 is 0 Å². The Balaban J connectivity index is 1.87. The molecule has 1 atom stereocenters. The van der Waals surface area contributed by atoms with Gasteiger partial charge in [0.1, 0.15) is 6.04 Å². The fourth-order valence-corrected chi connectivity index (χ4v) is 3.79. The zero-order chi connectivity index (χ0) is 20.6. The molecule has 1 fully saturated rings. The van der Waals surface area contributed by atoms with Gasteiger partial charge < -0.3 is 9.84 Å². The smallest absolute Gasteiger partial charge is 0.253 e. The maximum atomic E-state index is 12.9. The second kappa shape index (κ2) is 7.81. The first-order chi connectivity index (χ1) is 13.1. The lowest BCUT2D eigenvalue weighted by molar-refractivity contribution is 0.0914. The molecule has 8 nitrogen and oxygen atoms in total. The average molecular weight is 427 g/mol. The molecule has 1 heterocycles. The maximum absolute atomic E-state index is 12.9. The molecular formula is C18H23ClN4O4S. The van der Waals surface area contributed by atoms with Gasteiger partial charge >= 0.3 is 0 Å². The van der Waals surface area contributed by atoms with Gasteiger partial charge in [0.2, 0.25) is 15.9 Å². The predicted molar refractivity (Wildman–Crippen MR) is 104 cm³/mol. The van der Waals surface area contributed by atoms with Crippen LogP contribution in [0.1, 0.15) is 60.7 Å². The van der Waals surface area contributed by atoms with Gasteiger partial charge in [0.25, 0.3) is 5.91 Å². The lowest BCUT2D eigenvalue weighted by Crippen LogP contribution is -2.32. The summed E-state index contributed by atoms with van der Waals surface area (Å²) < 4.78 is 31.2. The number of amides is 1. The second-order valence-electron chi connectivity index (χ2n) is 7.39. The summed E-state index contributed by atoms with van der Waals surface area (Å²) in [5, 5.41) is 6.99. The molecule has 152 valence electrons. The van der Waals surface area contributed by atoms with Crippen LogP contribution in [0.3, 0.4) is 0 Å². The topological polar surface area (TPSA) is 105 Å². The number of sulfonamides is 1. The van der Waals surface area contributed by atoms with Gasteiger partial charge in [0.05, 0.1) is 15.5 Å². The van der Waals surface area contributed by atoms with Crippen molar-refractivity contribution in [3.05, 3.63) is 40.5 Å². The number of nitrogens with one attached hydrogen (secondary N) is 1. The van der Waals surface area contributed by atoms with Crippen molar-refractivity contribution < 1.29 is 17.7 Å². The number of nitrogens with zero attached hydrogens (tertiary/aromatic N) is 3. The molecule has 28 heavy (non-hydrogen) atoms. The Hall–Kier alpha value is -1.97. The van der Waals surface area contributed by atoms with E-state index in [4.69, 9.17) is 16.1 Å². The maximum Gasteiger partial charge on any atom is 0.253 e. The molecule has 0 aliphatic heterocycles. The van der Waals surface area contributed by atoms with Gasteiger partial charge in [0.15, 0.2) is 5.82 Å². The summed E-state index contributed by atoms with van der Waals surface area (Å²) in [7, 11) is -0.848. The van der Waals surface area contributed by atoms with E-state index in [9.17, 15) is 13.2 Å². The first kappa shape index (κ1) is 20.8. The highest BCUT2D eigenvalue weighted by Crippen LogP contribution is 2.38. The van der Waals surface area contributed by atoms with Gasteiger partial charge in [-0.25, -0.2) is 12.7 Å². The highest BCUT2D eigenvalue weighted by atomic mass is 35.5. The van der Waals surface area contributed by atoms with Crippen molar-refractivity contribution in [3.8, 4) is 0 Å². The van der Waals surface area contributed by atoms with E-state index in [0.717, 1.165) is 17.1 Å². The van der Waals surface area contributed by atoms with Crippen LogP contribution in [0.4, 0.5) is 0 Å². The van der Waals surface area contributed by atoms with Gasteiger partial charge in [0, 0.05) is 20.0 Å². The third-order valence-corrected chi connectivity index (χ3v) is 6.72.